The Kier molecular flexibility index (Phi) is 4.36. The van der Waals surface area contributed by atoms with Crippen molar-refractivity contribution in [3.05, 3.63) is 41.5 Å². The Hall–Kier alpha value is -2.79. The lowest BCUT2D eigenvalue weighted by Gasteiger charge is -2.33. The van der Waals surface area contributed by atoms with Gasteiger partial charge in [-0.25, -0.2) is 0 Å². The summed E-state index contributed by atoms with van der Waals surface area (Å²) < 4.78 is 16.6. The van der Waals surface area contributed by atoms with E-state index in [-0.39, 0.29) is 5.97 Å². The Morgan fingerprint density at radius 1 is 0.966 bits per heavy atom. The molecule has 0 saturated carbocycles. The molecule has 0 N–H and O–H groups in total. The van der Waals surface area contributed by atoms with Crippen LogP contribution >= 0.6 is 0 Å². The molecule has 29 heavy (non-hydrogen) atoms. The van der Waals surface area contributed by atoms with E-state index < -0.39 is 0 Å². The van der Waals surface area contributed by atoms with Crippen molar-refractivity contribution in [2.75, 3.05) is 20.8 Å². The molecule has 0 aromatic heterocycles. The van der Waals surface area contributed by atoms with E-state index in [1.165, 1.54) is 48.2 Å². The van der Waals surface area contributed by atoms with E-state index in [1.807, 2.05) is 12.1 Å². The normalized spacial score (nSPS) is 18.5. The highest BCUT2D eigenvalue weighted by Gasteiger charge is 2.32. The second-order valence-corrected chi connectivity index (χ2v) is 7.98. The molecular formula is C24H25NO4. The number of carbonyl (C=O) groups is 1. The Balaban J connectivity index is 1.84. The summed E-state index contributed by atoms with van der Waals surface area (Å²) in [4.78, 5) is 14.1. The summed E-state index contributed by atoms with van der Waals surface area (Å²) in [7, 11) is 3.33. The zero-order valence-corrected chi connectivity index (χ0v) is 17.1. The summed E-state index contributed by atoms with van der Waals surface area (Å²) in [6.07, 6.45) is 3.59. The Labute approximate surface area is 170 Å². The van der Waals surface area contributed by atoms with Crippen molar-refractivity contribution < 1.29 is 19.0 Å². The van der Waals surface area contributed by atoms with E-state index in [9.17, 15) is 4.79 Å². The average Bonchev–Trinajstić information content (AvgIpc) is 3.18. The molecule has 1 atom stereocenters. The Morgan fingerprint density at radius 3 is 2.41 bits per heavy atom. The first-order valence-corrected chi connectivity index (χ1v) is 10.1. The van der Waals surface area contributed by atoms with Crippen molar-refractivity contribution in [3.63, 3.8) is 0 Å². The monoisotopic (exact) mass is 391 g/mol. The van der Waals surface area contributed by atoms with E-state index in [2.05, 4.69) is 23.1 Å². The molecule has 1 saturated heterocycles. The van der Waals surface area contributed by atoms with Gasteiger partial charge in [0.25, 0.3) is 0 Å². The predicted molar refractivity (Wildman–Crippen MR) is 113 cm³/mol. The van der Waals surface area contributed by atoms with Crippen LogP contribution in [0, 0.1) is 0 Å². The van der Waals surface area contributed by atoms with Gasteiger partial charge < -0.3 is 14.2 Å². The van der Waals surface area contributed by atoms with Gasteiger partial charge in [0.05, 0.1) is 14.2 Å². The van der Waals surface area contributed by atoms with Crippen molar-refractivity contribution in [1.82, 2.24) is 4.90 Å². The number of ether oxygens (including phenoxy) is 3. The van der Waals surface area contributed by atoms with Crippen molar-refractivity contribution >= 4 is 27.5 Å². The van der Waals surface area contributed by atoms with Gasteiger partial charge in [-0.2, -0.15) is 0 Å². The third-order valence-corrected chi connectivity index (χ3v) is 6.38. The molecule has 0 aliphatic carbocycles. The molecule has 0 spiro atoms. The third kappa shape index (κ3) is 2.92. The van der Waals surface area contributed by atoms with Crippen LogP contribution in [0.15, 0.2) is 30.3 Å². The molecule has 5 heteroatoms. The van der Waals surface area contributed by atoms with Crippen molar-refractivity contribution in [1.29, 1.82) is 0 Å². The molecule has 0 amide bonds. The second kappa shape index (κ2) is 6.92. The second-order valence-electron chi connectivity index (χ2n) is 7.98. The number of fused-ring (bicyclic) bond motifs is 7. The number of rotatable bonds is 3. The standard InChI is InChI=1S/C24H25NO4/c1-14(26)29-16-6-7-17-19(10-16)21-12-24(28-3)23(27-2)11-20(21)18-9-15-5-4-8-25(15)13-22(17)18/h6-7,10-12,15H,4-5,8-9,13H2,1-3H3/t15-/m0/s1. The lowest BCUT2D eigenvalue weighted by atomic mass is 9.85. The molecule has 0 bridgehead atoms. The molecule has 2 aliphatic heterocycles. The number of carbonyl (C=O) groups excluding carboxylic acids is 1. The molecule has 5 rings (SSSR count). The van der Waals surface area contributed by atoms with Crippen LogP contribution in [0.5, 0.6) is 17.2 Å². The van der Waals surface area contributed by atoms with Gasteiger partial charge in [-0.1, -0.05) is 6.07 Å². The van der Waals surface area contributed by atoms with Gasteiger partial charge in [-0.15, -0.1) is 0 Å². The zero-order chi connectivity index (χ0) is 20.1. The van der Waals surface area contributed by atoms with Crippen LogP contribution in [0.25, 0.3) is 21.5 Å². The maximum Gasteiger partial charge on any atom is 0.308 e. The molecule has 2 aliphatic rings. The molecular weight excluding hydrogens is 366 g/mol. The highest BCUT2D eigenvalue weighted by Crippen LogP contribution is 2.44. The maximum absolute atomic E-state index is 11.5. The van der Waals surface area contributed by atoms with Crippen molar-refractivity contribution in [2.45, 2.75) is 38.8 Å². The Morgan fingerprint density at radius 2 is 1.69 bits per heavy atom. The van der Waals surface area contributed by atoms with Crippen LogP contribution in [0.4, 0.5) is 0 Å². The summed E-state index contributed by atoms with van der Waals surface area (Å²) in [5.41, 5.74) is 2.80. The molecule has 1 fully saturated rings. The number of methoxy groups -OCH3 is 2. The zero-order valence-electron chi connectivity index (χ0n) is 17.1. The van der Waals surface area contributed by atoms with Crippen LogP contribution in [-0.2, 0) is 17.8 Å². The summed E-state index contributed by atoms with van der Waals surface area (Å²) in [5.74, 6) is 1.70. The molecule has 0 radical (unpaired) electrons. The minimum absolute atomic E-state index is 0.314. The SMILES string of the molecule is COc1cc2c3c(c4ccc(OC(C)=O)cc4c2cc1OC)CN1CCC[C@H]1C3. The third-order valence-electron chi connectivity index (χ3n) is 6.38. The molecule has 3 aromatic carbocycles. The number of nitrogens with zero attached hydrogens (tertiary/aromatic N) is 1. The van der Waals surface area contributed by atoms with E-state index in [0.29, 0.717) is 17.5 Å². The van der Waals surface area contributed by atoms with Crippen LogP contribution < -0.4 is 14.2 Å². The fourth-order valence-electron chi connectivity index (χ4n) is 5.10. The fourth-order valence-corrected chi connectivity index (χ4v) is 5.10. The largest absolute Gasteiger partial charge is 0.493 e. The van der Waals surface area contributed by atoms with Crippen LogP contribution in [0.2, 0.25) is 0 Å². The van der Waals surface area contributed by atoms with Gasteiger partial charge in [0.1, 0.15) is 5.75 Å². The average molecular weight is 391 g/mol. The summed E-state index contributed by atoms with van der Waals surface area (Å²) in [6.45, 7) is 3.56. The molecule has 150 valence electrons. The maximum atomic E-state index is 11.5. The molecule has 0 unspecified atom stereocenters. The smallest absolute Gasteiger partial charge is 0.308 e. The first kappa shape index (κ1) is 18.3. The molecule has 2 heterocycles. The van der Waals surface area contributed by atoms with Crippen molar-refractivity contribution in [2.24, 2.45) is 0 Å². The van der Waals surface area contributed by atoms with Gasteiger partial charge in [-0.05, 0) is 82.7 Å². The van der Waals surface area contributed by atoms with Crippen LogP contribution in [-0.4, -0.2) is 37.7 Å². The quantitative estimate of drug-likeness (QED) is 0.375. The van der Waals surface area contributed by atoms with Crippen LogP contribution in [0.1, 0.15) is 30.9 Å². The number of hydrogen-bond acceptors (Lipinski definition) is 5. The fraction of sp³-hybridized carbons (Fsp3) is 0.375. The van der Waals surface area contributed by atoms with Gasteiger partial charge in [0.2, 0.25) is 0 Å². The highest BCUT2D eigenvalue weighted by atomic mass is 16.5. The van der Waals surface area contributed by atoms with Gasteiger partial charge in [0.15, 0.2) is 11.5 Å². The lowest BCUT2D eigenvalue weighted by molar-refractivity contribution is -0.131. The number of hydrogen-bond donors (Lipinski definition) is 0. The van der Waals surface area contributed by atoms with E-state index in [0.717, 1.165) is 29.5 Å². The summed E-state index contributed by atoms with van der Waals surface area (Å²) >= 11 is 0. The predicted octanol–water partition coefficient (Wildman–Crippen LogP) is 4.46. The lowest BCUT2D eigenvalue weighted by Crippen LogP contribution is -2.35. The number of esters is 1. The summed E-state index contributed by atoms with van der Waals surface area (Å²) in [5, 5.41) is 4.62. The Bertz CT molecular complexity index is 1140. The first-order valence-electron chi connectivity index (χ1n) is 10.1. The topological polar surface area (TPSA) is 48.0 Å². The van der Waals surface area contributed by atoms with Crippen LogP contribution in [0.3, 0.4) is 0 Å². The van der Waals surface area contributed by atoms with Crippen molar-refractivity contribution in [3.8, 4) is 17.2 Å². The minimum Gasteiger partial charge on any atom is -0.493 e. The molecule has 5 nitrogen and oxygen atoms in total. The van der Waals surface area contributed by atoms with Gasteiger partial charge in [0, 0.05) is 19.5 Å². The minimum atomic E-state index is -0.314. The van der Waals surface area contributed by atoms with E-state index >= 15 is 0 Å². The van der Waals surface area contributed by atoms with Gasteiger partial charge in [-0.3, -0.25) is 9.69 Å². The first-order chi connectivity index (χ1) is 14.1. The van der Waals surface area contributed by atoms with E-state index in [4.69, 9.17) is 14.2 Å². The van der Waals surface area contributed by atoms with Gasteiger partial charge >= 0.3 is 5.97 Å². The highest BCUT2D eigenvalue weighted by molar-refractivity contribution is 6.12. The number of benzene rings is 3. The summed E-state index contributed by atoms with van der Waals surface area (Å²) in [6, 6.07) is 10.7. The van der Waals surface area contributed by atoms with E-state index in [1.54, 1.807) is 14.2 Å². The molecule has 3 aromatic rings.